The molecule has 184 valence electrons. The van der Waals surface area contributed by atoms with Crippen molar-refractivity contribution in [3.05, 3.63) is 47.4 Å². The third-order valence-corrected chi connectivity index (χ3v) is 5.15. The van der Waals surface area contributed by atoms with Crippen LogP contribution in [0.1, 0.15) is 31.5 Å². The molecule has 1 heterocycles. The van der Waals surface area contributed by atoms with E-state index in [1.807, 2.05) is 0 Å². The second-order valence-electron chi connectivity index (χ2n) is 8.30. The monoisotopic (exact) mass is 488 g/mol. The van der Waals surface area contributed by atoms with Gasteiger partial charge in [-0.3, -0.25) is 4.79 Å². The van der Waals surface area contributed by atoms with Gasteiger partial charge in [-0.2, -0.15) is 4.98 Å². The van der Waals surface area contributed by atoms with Crippen molar-refractivity contribution in [2.45, 2.75) is 45.3 Å². The maximum Gasteiger partial charge on any atom is 0.308 e. The molecule has 4 N–H and O–H groups in total. The lowest BCUT2D eigenvalue weighted by Gasteiger charge is -2.25. The number of nitrogens with one attached hydrogen (secondary N) is 3. The van der Waals surface area contributed by atoms with E-state index in [0.717, 1.165) is 37.1 Å². The smallest absolute Gasteiger partial charge is 0.308 e. The van der Waals surface area contributed by atoms with Crippen LogP contribution < -0.4 is 15.4 Å². The largest absolute Gasteiger partial charge is 0.431 e. The number of nitrogens with zero attached hydrogens (tertiary/aromatic N) is 1. The van der Waals surface area contributed by atoms with Crippen LogP contribution in [0.3, 0.4) is 0 Å². The number of carbonyl (C=O) groups is 1. The number of halogens is 2. The molecular formula is C21H30F2N4O5S. The predicted molar refractivity (Wildman–Crippen MR) is 119 cm³/mol. The first kappa shape index (κ1) is 26.7. The van der Waals surface area contributed by atoms with Gasteiger partial charge in [0, 0.05) is 12.6 Å². The Morgan fingerprint density at radius 1 is 1.21 bits per heavy atom. The molecule has 12 heteroatoms. The lowest BCUT2D eigenvalue weighted by Crippen LogP contribution is -2.49. The lowest BCUT2D eigenvalue weighted by atomic mass is 10.00. The molecular weight excluding hydrogens is 458 g/mol. The zero-order valence-corrected chi connectivity index (χ0v) is 19.6. The van der Waals surface area contributed by atoms with Crippen LogP contribution in [0.2, 0.25) is 0 Å². The summed E-state index contributed by atoms with van der Waals surface area (Å²) in [5.74, 6) is -1.57. The maximum absolute atomic E-state index is 13.6. The summed E-state index contributed by atoms with van der Waals surface area (Å²) >= 11 is 0. The average Bonchev–Trinajstić information content (AvgIpc) is 3.08. The molecule has 0 saturated carbocycles. The van der Waals surface area contributed by atoms with Gasteiger partial charge in [0.2, 0.25) is 15.9 Å². The molecule has 33 heavy (non-hydrogen) atoms. The molecule has 0 aliphatic heterocycles. The molecule has 2 aromatic rings. The molecule has 0 aliphatic carbocycles. The summed E-state index contributed by atoms with van der Waals surface area (Å²) in [6, 6.07) is 1.91. The highest BCUT2D eigenvalue weighted by atomic mass is 32.2. The Hall–Kier alpha value is -2.57. The van der Waals surface area contributed by atoms with Crippen LogP contribution in [-0.2, 0) is 27.7 Å². The summed E-state index contributed by atoms with van der Waals surface area (Å²) in [5, 5.41) is 16.4. The topological polar surface area (TPSA) is 134 Å². The summed E-state index contributed by atoms with van der Waals surface area (Å²) in [7, 11) is -3.59. The van der Waals surface area contributed by atoms with E-state index in [1.54, 1.807) is 0 Å². The van der Waals surface area contributed by atoms with E-state index < -0.39 is 39.7 Å². The van der Waals surface area contributed by atoms with Crippen LogP contribution in [0, 0.1) is 17.6 Å². The van der Waals surface area contributed by atoms with Gasteiger partial charge in [0.25, 0.3) is 0 Å². The van der Waals surface area contributed by atoms with Gasteiger partial charge in [0.15, 0.2) is 0 Å². The number of amides is 1. The minimum Gasteiger partial charge on any atom is -0.431 e. The Labute approximate surface area is 192 Å². The zero-order valence-electron chi connectivity index (χ0n) is 18.8. The number of carbonyl (C=O) groups excluding carboxylic acids is 1. The molecule has 9 nitrogen and oxygen atoms in total. The van der Waals surface area contributed by atoms with Gasteiger partial charge < -0.3 is 20.2 Å². The van der Waals surface area contributed by atoms with Crippen molar-refractivity contribution < 1.29 is 31.5 Å². The molecule has 1 aromatic heterocycles. The first-order valence-electron chi connectivity index (χ1n) is 10.5. The van der Waals surface area contributed by atoms with Crippen molar-refractivity contribution >= 4 is 21.9 Å². The molecule has 0 radical (unpaired) electrons. The molecule has 1 aromatic carbocycles. The molecule has 2 rings (SSSR count). The number of aliphatic hydroxyl groups excluding tert-OH is 1. The fraction of sp³-hybridized carbons (Fsp3) is 0.524. The minimum atomic E-state index is -3.59. The van der Waals surface area contributed by atoms with Gasteiger partial charge in [-0.25, -0.2) is 21.9 Å². The fourth-order valence-corrected chi connectivity index (χ4v) is 3.48. The Kier molecular flexibility index (Phi) is 9.74. The molecule has 0 saturated heterocycles. The van der Waals surface area contributed by atoms with Gasteiger partial charge in [-0.15, -0.1) is 0 Å². The number of hydrogen-bond acceptors (Lipinski definition) is 7. The third-order valence-electron chi connectivity index (χ3n) is 4.61. The lowest BCUT2D eigenvalue weighted by molar-refractivity contribution is -0.122. The van der Waals surface area contributed by atoms with E-state index in [1.165, 1.54) is 0 Å². The van der Waals surface area contributed by atoms with Crippen molar-refractivity contribution in [1.82, 2.24) is 15.6 Å². The van der Waals surface area contributed by atoms with Crippen molar-refractivity contribution in [3.8, 4) is 0 Å². The number of hydrogen-bond donors (Lipinski definition) is 4. The van der Waals surface area contributed by atoms with Crippen molar-refractivity contribution in [3.63, 3.8) is 0 Å². The van der Waals surface area contributed by atoms with Crippen LogP contribution in [-0.4, -0.2) is 55.9 Å². The third kappa shape index (κ3) is 10.3. The molecule has 0 aliphatic rings. The molecule has 1 amide bonds. The van der Waals surface area contributed by atoms with Crippen molar-refractivity contribution in [2.75, 3.05) is 24.1 Å². The summed E-state index contributed by atoms with van der Waals surface area (Å²) in [5.41, 5.74) is 0.443. The summed E-state index contributed by atoms with van der Waals surface area (Å²) < 4.78 is 56.7. The van der Waals surface area contributed by atoms with Gasteiger partial charge in [0.1, 0.15) is 17.9 Å². The molecule has 0 spiro atoms. The van der Waals surface area contributed by atoms with Crippen LogP contribution >= 0.6 is 0 Å². The van der Waals surface area contributed by atoms with E-state index in [0.29, 0.717) is 12.5 Å². The predicted octanol–water partition coefficient (Wildman–Crippen LogP) is 1.59. The average molecular weight is 489 g/mol. The standard InChI is InChI=1S/C21H30F2N4O5S/c1-13(2)4-5-24-11-19(28)18(8-14-6-15(22)9-16(23)7-14)26-20(29)10-17-12-32-21(25-17)27-33(3,30)31/h6-7,9,12-13,18-19,24,28H,4-5,8,10-11H2,1-3H3,(H,25,27)(H,26,29)/t18-,19+/m0/s1. The second kappa shape index (κ2) is 12.1. The van der Waals surface area contributed by atoms with Crippen LogP contribution in [0.15, 0.2) is 28.9 Å². The second-order valence-corrected chi connectivity index (χ2v) is 10.1. The molecule has 0 unspecified atom stereocenters. The number of aliphatic hydroxyl groups is 1. The quantitative estimate of drug-likeness (QED) is 0.315. The summed E-state index contributed by atoms with van der Waals surface area (Å²) in [4.78, 5) is 16.4. The molecule has 0 bridgehead atoms. The van der Waals surface area contributed by atoms with E-state index in [9.17, 15) is 27.1 Å². The van der Waals surface area contributed by atoms with Gasteiger partial charge >= 0.3 is 6.01 Å². The number of rotatable bonds is 13. The van der Waals surface area contributed by atoms with Gasteiger partial charge in [-0.1, -0.05) is 13.8 Å². The maximum atomic E-state index is 13.6. The van der Waals surface area contributed by atoms with E-state index in [4.69, 9.17) is 4.42 Å². The number of benzene rings is 1. The Bertz CT molecular complexity index is 1010. The summed E-state index contributed by atoms with van der Waals surface area (Å²) in [6.07, 6.45) is 1.67. The SMILES string of the molecule is CC(C)CCNC[C@@H](O)[C@H](Cc1cc(F)cc(F)c1)NC(=O)Cc1coc(NS(C)(=O)=O)n1. The Morgan fingerprint density at radius 3 is 2.48 bits per heavy atom. The fourth-order valence-electron chi connectivity index (χ4n) is 3.06. The highest BCUT2D eigenvalue weighted by Gasteiger charge is 2.23. The Morgan fingerprint density at radius 2 is 1.88 bits per heavy atom. The number of aromatic nitrogens is 1. The van der Waals surface area contributed by atoms with Crippen LogP contribution in [0.4, 0.5) is 14.8 Å². The molecule has 2 atom stereocenters. The first-order chi connectivity index (χ1) is 15.4. The van der Waals surface area contributed by atoms with Gasteiger partial charge in [-0.05, 0) is 43.0 Å². The highest BCUT2D eigenvalue weighted by Crippen LogP contribution is 2.13. The normalized spacial score (nSPS) is 13.7. The summed E-state index contributed by atoms with van der Waals surface area (Å²) in [6.45, 7) is 4.97. The number of sulfonamides is 1. The molecule has 0 fully saturated rings. The van der Waals surface area contributed by atoms with Crippen LogP contribution in [0.5, 0.6) is 0 Å². The number of anilines is 1. The minimum absolute atomic E-state index is 0.00680. The van der Waals surface area contributed by atoms with Crippen molar-refractivity contribution in [1.29, 1.82) is 0 Å². The van der Waals surface area contributed by atoms with Crippen molar-refractivity contribution in [2.24, 2.45) is 5.92 Å². The zero-order chi connectivity index (χ0) is 24.6. The van der Waals surface area contributed by atoms with E-state index in [2.05, 4.69) is 34.2 Å². The highest BCUT2D eigenvalue weighted by molar-refractivity contribution is 7.91. The van der Waals surface area contributed by atoms with E-state index >= 15 is 0 Å². The number of oxazole rings is 1. The van der Waals surface area contributed by atoms with E-state index in [-0.39, 0.29) is 36.7 Å². The Balaban J connectivity index is 2.05. The first-order valence-corrected chi connectivity index (χ1v) is 12.4. The van der Waals surface area contributed by atoms with Crippen LogP contribution in [0.25, 0.3) is 0 Å². The van der Waals surface area contributed by atoms with Gasteiger partial charge in [0.05, 0.1) is 30.5 Å².